The summed E-state index contributed by atoms with van der Waals surface area (Å²) in [7, 11) is 3.83. The maximum atomic E-state index is 12.4. The average molecular weight is 292 g/mol. The molecule has 1 fully saturated rings. The molecule has 0 radical (unpaired) electrons. The smallest absolute Gasteiger partial charge is 0.322 e. The van der Waals surface area contributed by atoms with Gasteiger partial charge in [-0.05, 0) is 38.8 Å². The molecular formula is C15H24N4O2. The molecule has 1 aromatic rings. The van der Waals surface area contributed by atoms with Gasteiger partial charge in [0.15, 0.2) is 0 Å². The topological polar surface area (TPSA) is 68.7 Å². The molecule has 0 aliphatic carbocycles. The number of nitrogens with one attached hydrogen (secondary N) is 1. The monoisotopic (exact) mass is 292 g/mol. The molecule has 1 aliphatic rings. The summed E-state index contributed by atoms with van der Waals surface area (Å²) >= 11 is 0. The fourth-order valence-electron chi connectivity index (χ4n) is 2.66. The molecule has 1 unspecified atom stereocenters. The molecule has 2 N–H and O–H groups in total. The van der Waals surface area contributed by atoms with Crippen molar-refractivity contribution in [1.82, 2.24) is 9.88 Å². The zero-order valence-corrected chi connectivity index (χ0v) is 13.1. The number of nitrogens with zero attached hydrogens (tertiary/aromatic N) is 3. The lowest BCUT2D eigenvalue weighted by Crippen LogP contribution is -2.49. The van der Waals surface area contributed by atoms with Crippen molar-refractivity contribution >= 4 is 17.5 Å². The van der Waals surface area contributed by atoms with Gasteiger partial charge >= 0.3 is 6.03 Å². The third-order valence-electron chi connectivity index (χ3n) is 3.79. The van der Waals surface area contributed by atoms with E-state index in [1.165, 1.54) is 0 Å². The number of amides is 2. The molecule has 2 rings (SSSR count). The van der Waals surface area contributed by atoms with Crippen LogP contribution in [-0.4, -0.2) is 53.3 Å². The minimum atomic E-state index is -0.888. The number of carbonyl (C=O) groups is 1. The van der Waals surface area contributed by atoms with E-state index in [2.05, 4.69) is 10.3 Å². The maximum absolute atomic E-state index is 12.4. The lowest BCUT2D eigenvalue weighted by atomic mass is 9.97. The van der Waals surface area contributed by atoms with E-state index in [1.807, 2.05) is 31.1 Å². The van der Waals surface area contributed by atoms with Crippen LogP contribution in [0.25, 0.3) is 0 Å². The van der Waals surface area contributed by atoms with Crippen molar-refractivity contribution in [3.05, 3.63) is 18.3 Å². The van der Waals surface area contributed by atoms with Crippen LogP contribution in [0.5, 0.6) is 0 Å². The van der Waals surface area contributed by atoms with Crippen LogP contribution in [0.1, 0.15) is 26.7 Å². The summed E-state index contributed by atoms with van der Waals surface area (Å²) < 4.78 is 0. The number of carbonyl (C=O) groups excluding carboxylic acids is 1. The third kappa shape index (κ3) is 3.64. The highest BCUT2D eigenvalue weighted by Crippen LogP contribution is 2.27. The van der Waals surface area contributed by atoms with Gasteiger partial charge in [0, 0.05) is 20.6 Å². The molecule has 2 amide bonds. The lowest BCUT2D eigenvalue weighted by Gasteiger charge is -2.33. The van der Waals surface area contributed by atoms with E-state index < -0.39 is 5.60 Å². The fraction of sp³-hybridized carbons (Fsp3) is 0.600. The van der Waals surface area contributed by atoms with Gasteiger partial charge in [0.2, 0.25) is 0 Å². The van der Waals surface area contributed by atoms with Gasteiger partial charge in [-0.2, -0.15) is 0 Å². The number of aliphatic hydroxyl groups is 1. The molecule has 0 spiro atoms. The second-order valence-electron chi connectivity index (χ2n) is 6.23. The second-order valence-corrected chi connectivity index (χ2v) is 6.23. The first kappa shape index (κ1) is 15.6. The van der Waals surface area contributed by atoms with Crippen molar-refractivity contribution in [2.45, 2.75) is 38.3 Å². The molecule has 1 saturated heterocycles. The molecular weight excluding hydrogens is 268 g/mol. The Morgan fingerprint density at radius 1 is 1.48 bits per heavy atom. The van der Waals surface area contributed by atoms with Crippen LogP contribution in [0.3, 0.4) is 0 Å². The third-order valence-corrected chi connectivity index (χ3v) is 3.79. The number of aromatic nitrogens is 1. The van der Waals surface area contributed by atoms with E-state index >= 15 is 0 Å². The quantitative estimate of drug-likeness (QED) is 0.893. The van der Waals surface area contributed by atoms with Gasteiger partial charge in [-0.3, -0.25) is 0 Å². The lowest BCUT2D eigenvalue weighted by molar-refractivity contribution is 0.0117. The van der Waals surface area contributed by atoms with Crippen LogP contribution in [0.4, 0.5) is 16.3 Å². The van der Waals surface area contributed by atoms with Crippen molar-refractivity contribution in [3.63, 3.8) is 0 Å². The molecule has 6 heteroatoms. The molecule has 6 nitrogen and oxygen atoms in total. The first-order chi connectivity index (χ1) is 9.79. The number of urea groups is 1. The largest absolute Gasteiger partial charge is 0.388 e. The number of pyridine rings is 1. The average Bonchev–Trinajstić information content (AvgIpc) is 2.88. The first-order valence-corrected chi connectivity index (χ1v) is 7.22. The molecule has 116 valence electrons. The van der Waals surface area contributed by atoms with Crippen LogP contribution >= 0.6 is 0 Å². The van der Waals surface area contributed by atoms with E-state index in [-0.39, 0.29) is 12.1 Å². The summed E-state index contributed by atoms with van der Waals surface area (Å²) in [5, 5.41) is 13.0. The Morgan fingerprint density at radius 2 is 2.19 bits per heavy atom. The Balaban J connectivity index is 2.04. The van der Waals surface area contributed by atoms with E-state index in [0.29, 0.717) is 12.2 Å². The summed E-state index contributed by atoms with van der Waals surface area (Å²) in [4.78, 5) is 20.2. The number of rotatable bonds is 3. The Labute approximate surface area is 125 Å². The van der Waals surface area contributed by atoms with Gasteiger partial charge in [-0.1, -0.05) is 0 Å². The predicted molar refractivity (Wildman–Crippen MR) is 83.6 cm³/mol. The number of hydrogen-bond acceptors (Lipinski definition) is 4. The Morgan fingerprint density at radius 3 is 2.71 bits per heavy atom. The predicted octanol–water partition coefficient (Wildman–Crippen LogP) is 1.91. The van der Waals surface area contributed by atoms with Gasteiger partial charge < -0.3 is 20.2 Å². The molecule has 0 saturated carbocycles. The van der Waals surface area contributed by atoms with Gasteiger partial charge in [0.05, 0.1) is 23.5 Å². The van der Waals surface area contributed by atoms with Crippen LogP contribution in [0.15, 0.2) is 18.3 Å². The van der Waals surface area contributed by atoms with Gasteiger partial charge in [0.1, 0.15) is 5.82 Å². The number of anilines is 2. The summed E-state index contributed by atoms with van der Waals surface area (Å²) in [6.45, 7) is 4.16. The zero-order valence-electron chi connectivity index (χ0n) is 13.1. The molecule has 21 heavy (non-hydrogen) atoms. The minimum absolute atomic E-state index is 0.147. The first-order valence-electron chi connectivity index (χ1n) is 7.22. The van der Waals surface area contributed by atoms with Gasteiger partial charge in [-0.15, -0.1) is 0 Å². The summed E-state index contributed by atoms with van der Waals surface area (Å²) in [5.41, 5.74) is -0.229. The van der Waals surface area contributed by atoms with Gasteiger partial charge in [0.25, 0.3) is 0 Å². The normalized spacial score (nSPS) is 18.7. The molecule has 1 aliphatic heterocycles. The molecule has 1 atom stereocenters. The summed E-state index contributed by atoms with van der Waals surface area (Å²) in [6, 6.07) is 3.35. The van der Waals surface area contributed by atoms with Crippen molar-refractivity contribution < 1.29 is 9.90 Å². The van der Waals surface area contributed by atoms with Crippen molar-refractivity contribution in [2.24, 2.45) is 0 Å². The highest BCUT2D eigenvalue weighted by Gasteiger charge is 2.38. The SMILES string of the molecule is CN(C)c1ccc(NC(=O)N2CCCC2C(C)(C)O)cn1. The summed E-state index contributed by atoms with van der Waals surface area (Å²) in [6.07, 6.45) is 3.39. The zero-order chi connectivity index (χ0) is 15.6. The van der Waals surface area contributed by atoms with Crippen LogP contribution < -0.4 is 10.2 Å². The molecule has 0 aromatic carbocycles. The maximum Gasteiger partial charge on any atom is 0.322 e. The Hall–Kier alpha value is -1.82. The van der Waals surface area contributed by atoms with Crippen LogP contribution in [0.2, 0.25) is 0 Å². The van der Waals surface area contributed by atoms with E-state index in [9.17, 15) is 9.90 Å². The second kappa shape index (κ2) is 5.89. The number of hydrogen-bond donors (Lipinski definition) is 2. The summed E-state index contributed by atoms with van der Waals surface area (Å²) in [5.74, 6) is 0.837. The van der Waals surface area contributed by atoms with E-state index in [0.717, 1.165) is 18.7 Å². The van der Waals surface area contributed by atoms with Gasteiger partial charge in [-0.25, -0.2) is 9.78 Å². The molecule has 1 aromatic heterocycles. The number of likely N-dealkylation sites (tertiary alicyclic amines) is 1. The highest BCUT2D eigenvalue weighted by molar-refractivity contribution is 5.89. The van der Waals surface area contributed by atoms with E-state index in [4.69, 9.17) is 0 Å². The standard InChI is InChI=1S/C15H24N4O2/c1-15(2,21)12-6-5-9-19(12)14(20)17-11-7-8-13(16-10-11)18(3)4/h7-8,10,12,21H,5-6,9H2,1-4H3,(H,17,20). The molecule has 2 heterocycles. The highest BCUT2D eigenvalue weighted by atomic mass is 16.3. The van der Waals surface area contributed by atoms with E-state index in [1.54, 1.807) is 24.9 Å². The minimum Gasteiger partial charge on any atom is -0.388 e. The van der Waals surface area contributed by atoms with Crippen LogP contribution in [-0.2, 0) is 0 Å². The fourth-order valence-corrected chi connectivity index (χ4v) is 2.66. The van der Waals surface area contributed by atoms with Crippen LogP contribution in [0, 0.1) is 0 Å². The van der Waals surface area contributed by atoms with Crippen molar-refractivity contribution in [1.29, 1.82) is 0 Å². The Kier molecular flexibility index (Phi) is 4.37. The molecule has 0 bridgehead atoms. The van der Waals surface area contributed by atoms with Crippen molar-refractivity contribution in [2.75, 3.05) is 30.9 Å². The van der Waals surface area contributed by atoms with Crippen molar-refractivity contribution in [3.8, 4) is 0 Å². The Bertz CT molecular complexity index is 493.